The highest BCUT2D eigenvalue weighted by Crippen LogP contribution is 2.45. The minimum Gasteiger partial charge on any atom is -0.325 e. The van der Waals surface area contributed by atoms with Crippen LogP contribution in [-0.4, -0.2) is 19.0 Å². The zero-order valence-electron chi connectivity index (χ0n) is 9.47. The van der Waals surface area contributed by atoms with Crippen molar-refractivity contribution < 1.29 is 4.79 Å². The maximum absolute atomic E-state index is 12.2. The molecule has 3 heteroatoms. The van der Waals surface area contributed by atoms with Gasteiger partial charge < -0.3 is 10.6 Å². The van der Waals surface area contributed by atoms with Crippen LogP contribution < -0.4 is 10.6 Å². The first-order valence-electron chi connectivity index (χ1n) is 5.86. The minimum absolute atomic E-state index is 0.193. The Morgan fingerprint density at radius 1 is 1.25 bits per heavy atom. The van der Waals surface area contributed by atoms with Gasteiger partial charge in [-0.05, 0) is 50.0 Å². The lowest BCUT2D eigenvalue weighted by atomic mass is 9.73. The molecule has 0 saturated carbocycles. The van der Waals surface area contributed by atoms with Crippen molar-refractivity contribution in [2.24, 2.45) is 0 Å². The van der Waals surface area contributed by atoms with Gasteiger partial charge in [0.25, 0.3) is 0 Å². The van der Waals surface area contributed by atoms with E-state index in [2.05, 4.69) is 23.6 Å². The summed E-state index contributed by atoms with van der Waals surface area (Å²) in [4.78, 5) is 12.2. The van der Waals surface area contributed by atoms with E-state index in [0.29, 0.717) is 0 Å². The predicted octanol–water partition coefficient (Wildman–Crippen LogP) is 1.57. The van der Waals surface area contributed by atoms with Crippen molar-refractivity contribution in [2.75, 3.05) is 18.4 Å². The first-order chi connectivity index (χ1) is 7.74. The first-order valence-corrected chi connectivity index (χ1v) is 5.86. The van der Waals surface area contributed by atoms with Crippen molar-refractivity contribution in [3.05, 3.63) is 29.3 Å². The number of piperidine rings is 1. The van der Waals surface area contributed by atoms with Crippen LogP contribution in [0.2, 0.25) is 0 Å². The van der Waals surface area contributed by atoms with Gasteiger partial charge in [-0.15, -0.1) is 0 Å². The lowest BCUT2D eigenvalue weighted by molar-refractivity contribution is -0.121. The Kier molecular flexibility index (Phi) is 2.04. The van der Waals surface area contributed by atoms with Crippen LogP contribution in [-0.2, 0) is 10.2 Å². The average Bonchev–Trinajstić information content (AvgIpc) is 2.55. The second-order valence-corrected chi connectivity index (χ2v) is 4.78. The molecule has 3 nitrogen and oxygen atoms in total. The van der Waals surface area contributed by atoms with E-state index in [1.807, 2.05) is 12.1 Å². The largest absolute Gasteiger partial charge is 0.325 e. The molecule has 2 N–H and O–H groups in total. The van der Waals surface area contributed by atoms with E-state index in [4.69, 9.17) is 0 Å². The monoisotopic (exact) mass is 216 g/mol. The molecule has 84 valence electrons. The Morgan fingerprint density at radius 2 is 2.00 bits per heavy atom. The van der Waals surface area contributed by atoms with Gasteiger partial charge in [-0.1, -0.05) is 12.1 Å². The summed E-state index contributed by atoms with van der Waals surface area (Å²) in [6.45, 7) is 3.96. The number of carbonyl (C=O) groups is 1. The van der Waals surface area contributed by atoms with E-state index in [1.165, 1.54) is 11.1 Å². The average molecular weight is 216 g/mol. The minimum atomic E-state index is -0.258. The highest BCUT2D eigenvalue weighted by molar-refractivity contribution is 6.06. The molecule has 1 aromatic carbocycles. The van der Waals surface area contributed by atoms with Crippen molar-refractivity contribution in [1.29, 1.82) is 0 Å². The lowest BCUT2D eigenvalue weighted by Crippen LogP contribution is -2.44. The van der Waals surface area contributed by atoms with Gasteiger partial charge in [-0.3, -0.25) is 4.79 Å². The second kappa shape index (κ2) is 3.32. The van der Waals surface area contributed by atoms with Gasteiger partial charge in [-0.25, -0.2) is 0 Å². The summed E-state index contributed by atoms with van der Waals surface area (Å²) in [6, 6.07) is 6.12. The number of aryl methyl sites for hydroxylation is 1. The third kappa shape index (κ3) is 1.15. The zero-order chi connectivity index (χ0) is 11.2. The van der Waals surface area contributed by atoms with Gasteiger partial charge in [0.05, 0.1) is 5.41 Å². The fraction of sp³-hybridized carbons (Fsp3) is 0.462. The molecule has 3 rings (SSSR count). The van der Waals surface area contributed by atoms with Gasteiger partial charge in [0.2, 0.25) is 5.91 Å². The summed E-state index contributed by atoms with van der Waals surface area (Å²) in [7, 11) is 0. The van der Waals surface area contributed by atoms with Crippen molar-refractivity contribution in [3.63, 3.8) is 0 Å². The molecule has 2 heterocycles. The molecule has 2 aliphatic heterocycles. The van der Waals surface area contributed by atoms with Crippen molar-refractivity contribution >= 4 is 11.6 Å². The SMILES string of the molecule is Cc1cccc2c1C1(CCNCC1)C(=O)N2. The third-order valence-electron chi connectivity index (χ3n) is 3.89. The third-order valence-corrected chi connectivity index (χ3v) is 3.89. The smallest absolute Gasteiger partial charge is 0.235 e. The van der Waals surface area contributed by atoms with Crippen LogP contribution in [0.4, 0.5) is 5.69 Å². The molecule has 16 heavy (non-hydrogen) atoms. The van der Waals surface area contributed by atoms with Gasteiger partial charge in [0.1, 0.15) is 0 Å². The predicted molar refractivity (Wildman–Crippen MR) is 63.6 cm³/mol. The summed E-state index contributed by atoms with van der Waals surface area (Å²) < 4.78 is 0. The van der Waals surface area contributed by atoms with Crippen LogP contribution in [0.15, 0.2) is 18.2 Å². The van der Waals surface area contributed by atoms with Crippen molar-refractivity contribution in [3.8, 4) is 0 Å². The molecule has 2 aliphatic rings. The highest BCUT2D eigenvalue weighted by atomic mass is 16.2. The van der Waals surface area contributed by atoms with Gasteiger partial charge in [0.15, 0.2) is 0 Å². The molecular formula is C13H16N2O. The first kappa shape index (κ1) is 9.85. The molecule has 1 amide bonds. The van der Waals surface area contributed by atoms with E-state index >= 15 is 0 Å². The van der Waals surface area contributed by atoms with Crippen molar-refractivity contribution in [1.82, 2.24) is 5.32 Å². The summed E-state index contributed by atoms with van der Waals surface area (Å²) in [5, 5.41) is 6.36. The van der Waals surface area contributed by atoms with Crippen LogP contribution >= 0.6 is 0 Å². The molecule has 0 radical (unpaired) electrons. The van der Waals surface area contributed by atoms with E-state index in [9.17, 15) is 4.79 Å². The molecule has 1 saturated heterocycles. The number of fused-ring (bicyclic) bond motifs is 2. The summed E-state index contributed by atoms with van der Waals surface area (Å²) in [5.41, 5.74) is 3.23. The summed E-state index contributed by atoms with van der Waals surface area (Å²) >= 11 is 0. The standard InChI is InChI=1S/C13H16N2O/c1-9-3-2-4-10-11(9)13(12(16)15-10)5-7-14-8-6-13/h2-4,14H,5-8H2,1H3,(H,15,16). The molecule has 1 aromatic rings. The fourth-order valence-electron chi connectivity index (χ4n) is 3.09. The number of anilines is 1. The molecule has 0 aromatic heterocycles. The summed E-state index contributed by atoms with van der Waals surface area (Å²) in [6.07, 6.45) is 1.83. The van der Waals surface area contributed by atoms with E-state index in [1.54, 1.807) is 0 Å². The Bertz CT molecular complexity index is 447. The molecule has 0 atom stereocenters. The zero-order valence-corrected chi connectivity index (χ0v) is 9.47. The summed E-state index contributed by atoms with van der Waals surface area (Å²) in [5.74, 6) is 0.193. The number of benzene rings is 1. The van der Waals surface area contributed by atoms with Crippen LogP contribution in [0.1, 0.15) is 24.0 Å². The number of carbonyl (C=O) groups excluding carboxylic acids is 1. The van der Waals surface area contributed by atoms with Crippen molar-refractivity contribution in [2.45, 2.75) is 25.2 Å². The Balaban J connectivity index is 2.17. The van der Waals surface area contributed by atoms with Crippen LogP contribution in [0.25, 0.3) is 0 Å². The fourth-order valence-corrected chi connectivity index (χ4v) is 3.09. The van der Waals surface area contributed by atoms with E-state index in [-0.39, 0.29) is 11.3 Å². The van der Waals surface area contributed by atoms with Crippen LogP contribution in [0.3, 0.4) is 0 Å². The Morgan fingerprint density at radius 3 is 2.75 bits per heavy atom. The second-order valence-electron chi connectivity index (χ2n) is 4.78. The molecule has 0 bridgehead atoms. The van der Waals surface area contributed by atoms with Gasteiger partial charge >= 0.3 is 0 Å². The molecule has 0 aliphatic carbocycles. The quantitative estimate of drug-likeness (QED) is 0.691. The number of nitrogens with one attached hydrogen (secondary N) is 2. The normalized spacial score (nSPS) is 21.9. The van der Waals surface area contributed by atoms with Crippen LogP contribution in [0, 0.1) is 6.92 Å². The molecule has 1 fully saturated rings. The topological polar surface area (TPSA) is 41.1 Å². The Labute approximate surface area is 95.2 Å². The van der Waals surface area contributed by atoms with E-state index < -0.39 is 0 Å². The molecule has 0 unspecified atom stereocenters. The number of hydrogen-bond acceptors (Lipinski definition) is 2. The van der Waals surface area contributed by atoms with Gasteiger partial charge in [0, 0.05) is 5.69 Å². The molecule has 1 spiro atoms. The molecular weight excluding hydrogens is 200 g/mol. The number of amides is 1. The van der Waals surface area contributed by atoms with Gasteiger partial charge in [-0.2, -0.15) is 0 Å². The highest BCUT2D eigenvalue weighted by Gasteiger charge is 2.47. The maximum Gasteiger partial charge on any atom is 0.235 e. The lowest BCUT2D eigenvalue weighted by Gasteiger charge is -2.32. The Hall–Kier alpha value is -1.35. The maximum atomic E-state index is 12.2. The number of hydrogen-bond donors (Lipinski definition) is 2. The van der Waals surface area contributed by atoms with E-state index in [0.717, 1.165) is 31.6 Å². The number of rotatable bonds is 0. The van der Waals surface area contributed by atoms with Crippen LogP contribution in [0.5, 0.6) is 0 Å².